The molecule has 0 aliphatic carbocycles. The zero-order valence-electron chi connectivity index (χ0n) is 18.5. The van der Waals surface area contributed by atoms with E-state index in [1.54, 1.807) is 11.9 Å². The topological polar surface area (TPSA) is 109 Å². The highest BCUT2D eigenvalue weighted by molar-refractivity contribution is 5.88. The highest BCUT2D eigenvalue weighted by Gasteiger charge is 2.28. The second kappa shape index (κ2) is 10.7. The van der Waals surface area contributed by atoms with Gasteiger partial charge in [0.2, 0.25) is 11.8 Å². The van der Waals surface area contributed by atoms with Crippen molar-refractivity contribution in [3.63, 3.8) is 0 Å². The van der Waals surface area contributed by atoms with Gasteiger partial charge >= 0.3 is 5.97 Å². The first-order valence-electron chi connectivity index (χ1n) is 10.4. The Morgan fingerprint density at radius 2 is 1.87 bits per heavy atom. The number of hydrogen-bond donors (Lipinski definition) is 2. The summed E-state index contributed by atoms with van der Waals surface area (Å²) < 4.78 is 2.06. The molecule has 0 aliphatic rings. The van der Waals surface area contributed by atoms with E-state index >= 15 is 0 Å². The molecule has 31 heavy (non-hydrogen) atoms. The molecule has 0 saturated carbocycles. The van der Waals surface area contributed by atoms with Gasteiger partial charge in [0.1, 0.15) is 6.29 Å². The fourth-order valence-corrected chi connectivity index (χ4v) is 3.62. The fourth-order valence-electron chi connectivity index (χ4n) is 3.62. The molecule has 2 aromatic rings. The Morgan fingerprint density at radius 1 is 1.19 bits per heavy atom. The average Bonchev–Trinajstić information content (AvgIpc) is 3.04. The number of hydrogen-bond acceptors (Lipinski definition) is 4. The predicted octanol–water partition coefficient (Wildman–Crippen LogP) is 2.00. The zero-order valence-corrected chi connectivity index (χ0v) is 18.5. The fraction of sp³-hybridized carbons (Fsp3) is 0.478. The summed E-state index contributed by atoms with van der Waals surface area (Å²) >= 11 is 0. The molecular formula is C23H31N3O5. The minimum atomic E-state index is -1.18. The lowest BCUT2D eigenvalue weighted by Gasteiger charge is -2.24. The number of fused-ring (bicyclic) bond motifs is 1. The molecule has 168 valence electrons. The number of carbonyl (C=O) groups is 4. The maximum absolute atomic E-state index is 12.8. The molecule has 8 nitrogen and oxygen atoms in total. The molecule has 2 amide bonds. The number of aromatic nitrogens is 1. The molecule has 8 heteroatoms. The molecule has 0 fully saturated rings. The van der Waals surface area contributed by atoms with Crippen molar-refractivity contribution in [3.8, 4) is 0 Å². The number of aldehydes is 1. The van der Waals surface area contributed by atoms with Gasteiger partial charge in [-0.15, -0.1) is 0 Å². The summed E-state index contributed by atoms with van der Waals surface area (Å²) in [5, 5.41) is 12.4. The van der Waals surface area contributed by atoms with Crippen molar-refractivity contribution in [3.05, 3.63) is 36.0 Å². The quantitative estimate of drug-likeness (QED) is 0.531. The van der Waals surface area contributed by atoms with Crippen LogP contribution in [0.3, 0.4) is 0 Å². The highest BCUT2D eigenvalue weighted by Crippen LogP contribution is 2.21. The molecule has 0 aliphatic heterocycles. The average molecular weight is 430 g/mol. The number of carboxylic acids is 1. The van der Waals surface area contributed by atoms with E-state index in [1.165, 1.54) is 0 Å². The molecule has 1 aromatic carbocycles. The molecule has 2 atom stereocenters. The summed E-state index contributed by atoms with van der Waals surface area (Å²) in [6, 6.07) is 6.99. The van der Waals surface area contributed by atoms with E-state index in [1.807, 2.05) is 33.0 Å². The van der Waals surface area contributed by atoms with E-state index in [4.69, 9.17) is 5.11 Å². The van der Waals surface area contributed by atoms with Crippen LogP contribution in [0.4, 0.5) is 0 Å². The number of nitrogens with one attached hydrogen (secondary N) is 1. The first-order chi connectivity index (χ1) is 14.6. The van der Waals surface area contributed by atoms with Crippen LogP contribution in [0.2, 0.25) is 0 Å². The summed E-state index contributed by atoms with van der Waals surface area (Å²) in [7, 11) is 3.70. The Hall–Kier alpha value is -3.16. The lowest BCUT2D eigenvalue weighted by Crippen LogP contribution is -2.44. The van der Waals surface area contributed by atoms with Crippen molar-refractivity contribution in [2.45, 2.75) is 39.2 Å². The van der Waals surface area contributed by atoms with Gasteiger partial charge in [0, 0.05) is 50.1 Å². The van der Waals surface area contributed by atoms with Crippen molar-refractivity contribution in [2.75, 3.05) is 13.6 Å². The van der Waals surface area contributed by atoms with Crippen molar-refractivity contribution in [1.82, 2.24) is 14.8 Å². The first-order valence-corrected chi connectivity index (χ1v) is 10.4. The number of rotatable bonds is 11. The summed E-state index contributed by atoms with van der Waals surface area (Å²) in [5.74, 6) is -2.63. The zero-order chi connectivity index (χ0) is 23.1. The van der Waals surface area contributed by atoms with Crippen molar-refractivity contribution in [2.24, 2.45) is 18.9 Å². The summed E-state index contributed by atoms with van der Waals surface area (Å²) in [4.78, 5) is 48.8. The Bertz CT molecular complexity index is 950. The van der Waals surface area contributed by atoms with Crippen LogP contribution in [0.1, 0.15) is 32.3 Å². The van der Waals surface area contributed by atoms with Gasteiger partial charge in [-0.05, 0) is 24.0 Å². The van der Waals surface area contributed by atoms with E-state index in [0.29, 0.717) is 19.3 Å². The monoisotopic (exact) mass is 429 g/mol. The number of para-hydroxylation sites is 1. The number of carbonyl (C=O) groups excluding carboxylic acids is 3. The number of aliphatic carboxylic acids is 1. The van der Waals surface area contributed by atoms with Gasteiger partial charge in [0.05, 0.1) is 12.5 Å². The minimum Gasteiger partial charge on any atom is -0.481 e. The van der Waals surface area contributed by atoms with Crippen LogP contribution in [0.25, 0.3) is 10.9 Å². The summed E-state index contributed by atoms with van der Waals surface area (Å²) in [5.41, 5.74) is 2.28. The van der Waals surface area contributed by atoms with Gasteiger partial charge < -0.3 is 24.7 Å². The van der Waals surface area contributed by atoms with Crippen LogP contribution >= 0.6 is 0 Å². The van der Waals surface area contributed by atoms with E-state index < -0.39 is 30.3 Å². The van der Waals surface area contributed by atoms with Gasteiger partial charge in [-0.1, -0.05) is 32.0 Å². The molecule has 1 aromatic heterocycles. The second-order valence-electron chi connectivity index (χ2n) is 8.25. The van der Waals surface area contributed by atoms with Crippen LogP contribution in [-0.4, -0.2) is 58.3 Å². The molecule has 2 rings (SSSR count). The van der Waals surface area contributed by atoms with Gasteiger partial charge in [0.15, 0.2) is 0 Å². The number of carboxylic acid groups (broad SMARTS) is 1. The molecular weight excluding hydrogens is 398 g/mol. The van der Waals surface area contributed by atoms with Crippen molar-refractivity contribution < 1.29 is 24.3 Å². The Morgan fingerprint density at radius 3 is 2.48 bits per heavy atom. The molecule has 0 spiro atoms. The predicted molar refractivity (Wildman–Crippen MR) is 117 cm³/mol. The van der Waals surface area contributed by atoms with Crippen molar-refractivity contribution >= 4 is 35.0 Å². The number of aryl methyl sites for hydroxylation is 1. The normalized spacial score (nSPS) is 13.1. The highest BCUT2D eigenvalue weighted by atomic mass is 16.4. The molecule has 2 N–H and O–H groups in total. The van der Waals surface area contributed by atoms with Crippen molar-refractivity contribution in [1.29, 1.82) is 0 Å². The molecule has 0 radical (unpaired) electrons. The second-order valence-corrected chi connectivity index (χ2v) is 8.25. The van der Waals surface area contributed by atoms with Gasteiger partial charge in [-0.3, -0.25) is 14.4 Å². The van der Waals surface area contributed by atoms with Gasteiger partial charge in [-0.2, -0.15) is 0 Å². The third-order valence-electron chi connectivity index (χ3n) is 5.54. The van der Waals surface area contributed by atoms with E-state index in [-0.39, 0.29) is 18.2 Å². The van der Waals surface area contributed by atoms with Crippen LogP contribution in [0, 0.1) is 11.8 Å². The largest absolute Gasteiger partial charge is 0.481 e. The van der Waals surface area contributed by atoms with Crippen LogP contribution < -0.4 is 5.32 Å². The van der Waals surface area contributed by atoms with Crippen LogP contribution in [-0.2, 0) is 32.6 Å². The number of nitrogens with zero attached hydrogens (tertiary/aromatic N) is 2. The Labute approximate surface area is 182 Å². The first kappa shape index (κ1) is 24.1. The lowest BCUT2D eigenvalue weighted by atomic mass is 9.90. The van der Waals surface area contributed by atoms with Crippen LogP contribution in [0.5, 0.6) is 0 Å². The van der Waals surface area contributed by atoms with E-state index in [2.05, 4.69) is 28.2 Å². The van der Waals surface area contributed by atoms with E-state index in [9.17, 15) is 19.2 Å². The Balaban J connectivity index is 1.98. The third kappa shape index (κ3) is 6.41. The number of amides is 2. The lowest BCUT2D eigenvalue weighted by molar-refractivity contribution is -0.140. The van der Waals surface area contributed by atoms with Gasteiger partial charge in [0.25, 0.3) is 0 Å². The SMILES string of the molecule is CC(C)C(CC(=O)N(C)CCc1cn(C)c2ccccc12)C(=O)NC(C=O)CC(=O)O. The third-order valence-corrected chi connectivity index (χ3v) is 5.54. The van der Waals surface area contributed by atoms with Crippen LogP contribution in [0.15, 0.2) is 30.5 Å². The number of benzene rings is 1. The summed E-state index contributed by atoms with van der Waals surface area (Å²) in [6.45, 7) is 4.15. The molecule has 0 bridgehead atoms. The maximum Gasteiger partial charge on any atom is 0.305 e. The molecule has 0 saturated heterocycles. The number of likely N-dealkylation sites (N-methyl/N-ethyl adjacent to an activating group) is 1. The van der Waals surface area contributed by atoms with Gasteiger partial charge in [-0.25, -0.2) is 0 Å². The summed E-state index contributed by atoms with van der Waals surface area (Å²) in [6.07, 6.45) is 2.66. The standard InChI is InChI=1S/C23H31N3O5/c1-15(2)19(23(31)24-17(14-27)11-22(29)30)12-21(28)25(3)10-9-16-13-26(4)20-8-6-5-7-18(16)20/h5-8,13-15,17,19H,9-12H2,1-4H3,(H,24,31)(H,29,30). The minimum absolute atomic E-state index is 0.00577. The maximum atomic E-state index is 12.8. The Kier molecular flexibility index (Phi) is 8.36. The molecule has 2 unspecified atom stereocenters. The van der Waals surface area contributed by atoms with E-state index in [0.717, 1.165) is 16.5 Å². The smallest absolute Gasteiger partial charge is 0.305 e. The molecule has 1 heterocycles.